The van der Waals surface area contributed by atoms with E-state index < -0.39 is 30.5 Å². The zero-order valence-electron chi connectivity index (χ0n) is 11.8. The molecule has 0 spiro atoms. The number of rotatable bonds is 8. The molecule has 0 saturated heterocycles. The first kappa shape index (κ1) is 18.2. The van der Waals surface area contributed by atoms with Gasteiger partial charge in [0.15, 0.2) is 6.54 Å². The minimum Gasteiger partial charge on any atom is -0.600 e. The van der Waals surface area contributed by atoms with Crippen LogP contribution < -0.4 is 5.23 Å². The number of nitrogens with one attached hydrogen (secondary N) is 1. The van der Waals surface area contributed by atoms with Gasteiger partial charge in [-0.3, -0.25) is 4.57 Å². The van der Waals surface area contributed by atoms with Crippen molar-refractivity contribution in [1.82, 2.24) is 0 Å². The normalized spacial score (nSPS) is 16.5. The molecule has 0 radical (unpaired) electrons. The topological polar surface area (TPSA) is 103 Å². The fourth-order valence-electron chi connectivity index (χ4n) is 1.90. The summed E-state index contributed by atoms with van der Waals surface area (Å²) in [7, 11) is -4.23. The average Bonchev–Trinajstić information content (AvgIpc) is 2.38. The second-order valence-electron chi connectivity index (χ2n) is 4.23. The number of benzene rings is 1. The lowest BCUT2D eigenvalue weighted by atomic mass is 10.1. The molecule has 0 aliphatic carbocycles. The molecule has 0 amide bonds. The molecule has 7 nitrogen and oxygen atoms in total. The minimum atomic E-state index is -4.23. The van der Waals surface area contributed by atoms with Crippen molar-refractivity contribution in [3.63, 3.8) is 0 Å². The summed E-state index contributed by atoms with van der Waals surface area (Å²) >= 11 is 0. The van der Waals surface area contributed by atoms with Crippen LogP contribution in [-0.2, 0) is 19.0 Å². The zero-order chi connectivity index (χ0) is 16.1. The van der Waals surface area contributed by atoms with E-state index in [-0.39, 0.29) is 18.8 Å². The highest BCUT2D eigenvalue weighted by Gasteiger charge is 2.54. The molecule has 21 heavy (non-hydrogen) atoms. The third kappa shape index (κ3) is 4.08. The second kappa shape index (κ2) is 7.42. The second-order valence-corrected chi connectivity index (χ2v) is 6.48. The predicted octanol–water partition coefficient (Wildman–Crippen LogP) is 1.01. The first-order valence-corrected chi connectivity index (χ1v) is 7.92. The van der Waals surface area contributed by atoms with Crippen molar-refractivity contribution >= 4 is 7.60 Å². The summed E-state index contributed by atoms with van der Waals surface area (Å²) in [4.78, 5) is 0. The monoisotopic (exact) mass is 323 g/mol. The van der Waals surface area contributed by atoms with Crippen LogP contribution in [0.1, 0.15) is 19.4 Å². The molecule has 9 heteroatoms. The van der Waals surface area contributed by atoms with E-state index in [2.05, 4.69) is 0 Å². The lowest BCUT2D eigenvalue weighted by Gasteiger charge is -2.35. The van der Waals surface area contributed by atoms with E-state index in [0.717, 1.165) is 12.1 Å². The third-order valence-corrected chi connectivity index (χ3v) is 5.25. The summed E-state index contributed by atoms with van der Waals surface area (Å²) in [5, 5.41) is 26.9. The van der Waals surface area contributed by atoms with Crippen molar-refractivity contribution in [2.75, 3.05) is 19.8 Å². The maximum absolute atomic E-state index is 13.4. The molecule has 1 unspecified atom stereocenters. The van der Waals surface area contributed by atoms with Crippen LogP contribution in [0.15, 0.2) is 24.3 Å². The van der Waals surface area contributed by atoms with E-state index in [1.54, 1.807) is 0 Å². The zero-order valence-corrected chi connectivity index (χ0v) is 12.7. The Morgan fingerprint density at radius 1 is 1.38 bits per heavy atom. The maximum Gasteiger partial charge on any atom is 0.372 e. The first-order valence-electron chi connectivity index (χ1n) is 6.38. The lowest BCUT2D eigenvalue weighted by Crippen LogP contribution is -3.06. The lowest BCUT2D eigenvalue weighted by molar-refractivity contribution is -1.05. The van der Waals surface area contributed by atoms with Gasteiger partial charge < -0.3 is 19.4 Å². The van der Waals surface area contributed by atoms with Gasteiger partial charge in [0.2, 0.25) is 5.34 Å². The maximum atomic E-state index is 13.4. The van der Waals surface area contributed by atoms with E-state index >= 15 is 0 Å². The fourth-order valence-corrected chi connectivity index (χ4v) is 3.86. The van der Waals surface area contributed by atoms with Gasteiger partial charge in [0.25, 0.3) is 0 Å². The van der Waals surface area contributed by atoms with Gasteiger partial charge in [-0.25, -0.2) is 14.8 Å². The Bertz CT molecular complexity index is 504. The van der Waals surface area contributed by atoms with Crippen LogP contribution in [-0.4, -0.2) is 30.1 Å². The van der Waals surface area contributed by atoms with Gasteiger partial charge in [0.1, 0.15) is 5.82 Å². The van der Waals surface area contributed by atoms with E-state index in [1.165, 1.54) is 26.0 Å². The Labute approximate surface area is 122 Å². The van der Waals surface area contributed by atoms with Crippen molar-refractivity contribution in [1.29, 1.82) is 0 Å². The molecule has 1 rings (SSSR count). The van der Waals surface area contributed by atoms with Crippen LogP contribution in [0.5, 0.6) is 0 Å². The molecule has 1 aromatic carbocycles. The van der Waals surface area contributed by atoms with Crippen LogP contribution in [0.4, 0.5) is 4.39 Å². The molecule has 1 aromatic rings. The van der Waals surface area contributed by atoms with E-state index in [1.807, 2.05) is 0 Å². The molecule has 0 saturated carbocycles. The molecule has 0 aromatic heterocycles. The Morgan fingerprint density at radius 3 is 2.38 bits per heavy atom. The fraction of sp³-hybridized carbons (Fsp3) is 0.500. The molecular formula is C12H19FNO6P. The quantitative estimate of drug-likeness (QED) is 0.487. The Balaban J connectivity index is 3.40. The highest BCUT2D eigenvalue weighted by Crippen LogP contribution is 2.63. The van der Waals surface area contributed by atoms with Crippen molar-refractivity contribution < 1.29 is 33.5 Å². The number of hydrogen-bond donors (Lipinski definition) is 3. The third-order valence-electron chi connectivity index (χ3n) is 2.74. The average molecular weight is 323 g/mol. The largest absolute Gasteiger partial charge is 0.600 e. The summed E-state index contributed by atoms with van der Waals surface area (Å²) in [5.74, 6) is -0.698. The molecule has 2 atom stereocenters. The smallest absolute Gasteiger partial charge is 0.372 e. The van der Waals surface area contributed by atoms with Crippen molar-refractivity contribution in [2.24, 2.45) is 0 Å². The standard InChI is InChI=1S/C12H19FNO6P/c1-3-19-21(18,20-4-2)12(15,9-14(16)17)10-6-5-7-11(13)8-10/h5-8,14-16H,3-4,9H2,1-2H3/t12-/m1/s1. The molecule has 0 aliphatic heterocycles. The van der Waals surface area contributed by atoms with Gasteiger partial charge in [-0.05, 0) is 26.0 Å². The Morgan fingerprint density at radius 2 is 1.95 bits per heavy atom. The first-order chi connectivity index (χ1) is 9.79. The van der Waals surface area contributed by atoms with Gasteiger partial charge in [0.05, 0.1) is 13.2 Å². The Kier molecular flexibility index (Phi) is 6.42. The van der Waals surface area contributed by atoms with E-state index in [9.17, 15) is 19.3 Å². The Hall–Kier alpha value is -0.860. The number of aliphatic hydroxyl groups is 1. The summed E-state index contributed by atoms with van der Waals surface area (Å²) in [6.07, 6.45) is 0. The number of quaternary nitrogens is 1. The molecule has 0 bridgehead atoms. The number of hydroxylamine groups is 2. The van der Waals surface area contributed by atoms with Crippen LogP contribution in [0, 0.1) is 11.0 Å². The molecule has 0 aliphatic rings. The molecule has 0 fully saturated rings. The van der Waals surface area contributed by atoms with Gasteiger partial charge >= 0.3 is 7.60 Å². The van der Waals surface area contributed by atoms with Gasteiger partial charge in [0, 0.05) is 5.56 Å². The van der Waals surface area contributed by atoms with Gasteiger partial charge in [-0.2, -0.15) is 0 Å². The molecule has 3 N–H and O–H groups in total. The number of hydrogen-bond acceptors (Lipinski definition) is 6. The van der Waals surface area contributed by atoms with E-state index in [0.29, 0.717) is 0 Å². The highest BCUT2D eigenvalue weighted by molar-refractivity contribution is 7.55. The molecule has 0 heterocycles. The van der Waals surface area contributed by atoms with Crippen molar-refractivity contribution in [3.8, 4) is 0 Å². The van der Waals surface area contributed by atoms with E-state index in [4.69, 9.17) is 14.3 Å². The molecular weight excluding hydrogens is 304 g/mol. The van der Waals surface area contributed by atoms with Crippen LogP contribution in [0.2, 0.25) is 0 Å². The predicted molar refractivity (Wildman–Crippen MR) is 72.1 cm³/mol. The van der Waals surface area contributed by atoms with Crippen LogP contribution in [0.3, 0.4) is 0 Å². The summed E-state index contributed by atoms with van der Waals surface area (Å²) in [6.45, 7) is 1.99. The summed E-state index contributed by atoms with van der Waals surface area (Å²) in [5.41, 5.74) is -0.171. The van der Waals surface area contributed by atoms with Crippen LogP contribution in [0.25, 0.3) is 0 Å². The number of halogens is 1. The van der Waals surface area contributed by atoms with Crippen molar-refractivity contribution in [3.05, 3.63) is 40.9 Å². The van der Waals surface area contributed by atoms with Crippen LogP contribution >= 0.6 is 7.60 Å². The SMILES string of the molecule is CCOP(=O)(OCC)[C@](O)(C[NH+]([O-])O)c1cccc(F)c1. The van der Waals surface area contributed by atoms with Gasteiger partial charge in [-0.1, -0.05) is 12.1 Å². The highest BCUT2D eigenvalue weighted by atomic mass is 31.2. The summed E-state index contributed by atoms with van der Waals surface area (Å²) < 4.78 is 36.2. The minimum absolute atomic E-state index is 0.0610. The molecule has 120 valence electrons. The van der Waals surface area contributed by atoms with Crippen molar-refractivity contribution in [2.45, 2.75) is 19.2 Å². The summed E-state index contributed by atoms with van der Waals surface area (Å²) in [6, 6.07) is 4.58. The van der Waals surface area contributed by atoms with Gasteiger partial charge in [-0.15, -0.1) is 0 Å².